The van der Waals surface area contributed by atoms with Gasteiger partial charge in [0, 0.05) is 5.56 Å². The Balaban J connectivity index is 2.64. The van der Waals surface area contributed by atoms with E-state index in [1.165, 1.54) is 0 Å². The molecule has 0 heterocycles. The Bertz CT molecular complexity index is 369. The molecule has 0 aromatic heterocycles. The minimum atomic E-state index is -0.191. The summed E-state index contributed by atoms with van der Waals surface area (Å²) in [7, 11) is 0. The van der Waals surface area contributed by atoms with Crippen molar-refractivity contribution in [1.82, 2.24) is 5.32 Å². The lowest BCUT2D eigenvalue weighted by Gasteiger charge is -2.14. The van der Waals surface area contributed by atoms with Gasteiger partial charge in [-0.05, 0) is 44.5 Å². The van der Waals surface area contributed by atoms with Gasteiger partial charge in [0.05, 0.1) is 18.8 Å². The van der Waals surface area contributed by atoms with Gasteiger partial charge in [0.15, 0.2) is 0 Å². The Morgan fingerprint density at radius 1 is 1.33 bits per heavy atom. The van der Waals surface area contributed by atoms with Gasteiger partial charge in [-0.2, -0.15) is 0 Å². The summed E-state index contributed by atoms with van der Waals surface area (Å²) >= 11 is 0. The Hall–Kier alpha value is -1.55. The highest BCUT2D eigenvalue weighted by Crippen LogP contribution is 2.13. The molecule has 1 atom stereocenters. The van der Waals surface area contributed by atoms with Gasteiger partial charge in [-0.15, -0.1) is 0 Å². The van der Waals surface area contributed by atoms with E-state index in [0.29, 0.717) is 12.0 Å². The molecule has 4 nitrogen and oxygen atoms in total. The summed E-state index contributed by atoms with van der Waals surface area (Å²) in [6.45, 7) is 5.78. The molecule has 0 fully saturated rings. The molecule has 0 bridgehead atoms. The first-order chi connectivity index (χ1) is 8.56. The number of carbonyl (C=O) groups is 1. The Labute approximate surface area is 108 Å². The third-order valence-corrected chi connectivity index (χ3v) is 2.54. The Kier molecular flexibility index (Phi) is 5.65. The van der Waals surface area contributed by atoms with E-state index in [4.69, 9.17) is 9.84 Å². The summed E-state index contributed by atoms with van der Waals surface area (Å²) in [6.07, 6.45) is 0.820. The number of carbonyl (C=O) groups excluding carboxylic acids is 1. The number of hydrogen-bond acceptors (Lipinski definition) is 3. The summed E-state index contributed by atoms with van der Waals surface area (Å²) < 4.78 is 5.50. The summed E-state index contributed by atoms with van der Waals surface area (Å²) in [5.41, 5.74) is 0.568. The molecular formula is C14H21NO3. The predicted molar refractivity (Wildman–Crippen MR) is 70.8 cm³/mol. The van der Waals surface area contributed by atoms with E-state index in [0.717, 1.165) is 5.75 Å². The quantitative estimate of drug-likeness (QED) is 0.812. The smallest absolute Gasteiger partial charge is 0.251 e. The maximum atomic E-state index is 11.8. The van der Waals surface area contributed by atoms with Crippen LogP contribution in [-0.2, 0) is 0 Å². The lowest BCUT2D eigenvalue weighted by Crippen LogP contribution is -2.36. The summed E-state index contributed by atoms with van der Waals surface area (Å²) in [4.78, 5) is 11.8. The maximum absolute atomic E-state index is 11.8. The van der Waals surface area contributed by atoms with E-state index in [1.807, 2.05) is 20.8 Å². The Morgan fingerprint density at radius 3 is 2.39 bits per heavy atom. The van der Waals surface area contributed by atoms with Crippen molar-refractivity contribution >= 4 is 5.91 Å². The second-order valence-electron chi connectivity index (χ2n) is 4.45. The van der Waals surface area contributed by atoms with E-state index in [-0.39, 0.29) is 24.7 Å². The highest BCUT2D eigenvalue weighted by atomic mass is 16.5. The van der Waals surface area contributed by atoms with E-state index in [9.17, 15) is 4.79 Å². The van der Waals surface area contributed by atoms with Crippen molar-refractivity contribution in [2.45, 2.75) is 39.3 Å². The molecule has 2 N–H and O–H groups in total. The molecule has 0 aliphatic carbocycles. The van der Waals surface area contributed by atoms with Crippen LogP contribution in [0.15, 0.2) is 24.3 Å². The fourth-order valence-electron chi connectivity index (χ4n) is 1.50. The first-order valence-corrected chi connectivity index (χ1v) is 6.25. The topological polar surface area (TPSA) is 58.6 Å². The zero-order valence-electron chi connectivity index (χ0n) is 11.1. The van der Waals surface area contributed by atoms with Gasteiger partial charge in [0.25, 0.3) is 5.91 Å². The fourth-order valence-corrected chi connectivity index (χ4v) is 1.50. The van der Waals surface area contributed by atoms with Crippen LogP contribution in [0.5, 0.6) is 5.75 Å². The zero-order chi connectivity index (χ0) is 13.5. The van der Waals surface area contributed by atoms with Crippen LogP contribution >= 0.6 is 0 Å². The average molecular weight is 251 g/mol. The zero-order valence-corrected chi connectivity index (χ0v) is 11.1. The molecule has 0 saturated heterocycles. The van der Waals surface area contributed by atoms with Gasteiger partial charge in [0.2, 0.25) is 0 Å². The standard InChI is InChI=1S/C14H21NO3/c1-4-12(9-16)15-14(17)11-5-7-13(8-6-11)18-10(2)3/h5-8,10,12,16H,4,9H2,1-3H3,(H,15,17). The number of rotatable bonds is 6. The second-order valence-corrected chi connectivity index (χ2v) is 4.45. The summed E-state index contributed by atoms with van der Waals surface area (Å²) in [6, 6.07) is 6.79. The van der Waals surface area contributed by atoms with Crippen molar-refractivity contribution in [2.75, 3.05) is 6.61 Å². The summed E-state index contributed by atoms with van der Waals surface area (Å²) in [5, 5.41) is 11.8. The van der Waals surface area contributed by atoms with Crippen molar-refractivity contribution in [1.29, 1.82) is 0 Å². The van der Waals surface area contributed by atoms with Gasteiger partial charge in [-0.1, -0.05) is 6.92 Å². The first kappa shape index (κ1) is 14.5. The highest BCUT2D eigenvalue weighted by molar-refractivity contribution is 5.94. The number of nitrogens with one attached hydrogen (secondary N) is 1. The molecule has 100 valence electrons. The number of aliphatic hydroxyl groups is 1. The van der Waals surface area contributed by atoms with E-state index < -0.39 is 0 Å². The molecule has 1 unspecified atom stereocenters. The lowest BCUT2D eigenvalue weighted by molar-refractivity contribution is 0.0915. The Morgan fingerprint density at radius 2 is 1.94 bits per heavy atom. The molecule has 1 aromatic rings. The van der Waals surface area contributed by atoms with E-state index in [2.05, 4.69) is 5.32 Å². The van der Waals surface area contributed by atoms with Crippen LogP contribution in [0.1, 0.15) is 37.6 Å². The number of ether oxygens (including phenoxy) is 1. The molecule has 0 saturated carbocycles. The first-order valence-electron chi connectivity index (χ1n) is 6.25. The van der Waals surface area contributed by atoms with E-state index >= 15 is 0 Å². The molecule has 1 aromatic carbocycles. The minimum Gasteiger partial charge on any atom is -0.491 e. The van der Waals surface area contributed by atoms with E-state index in [1.54, 1.807) is 24.3 Å². The van der Waals surface area contributed by atoms with Crippen LogP contribution in [-0.4, -0.2) is 29.8 Å². The van der Waals surface area contributed by atoms with Crippen molar-refractivity contribution in [2.24, 2.45) is 0 Å². The number of benzene rings is 1. The van der Waals surface area contributed by atoms with Crippen molar-refractivity contribution in [3.63, 3.8) is 0 Å². The van der Waals surface area contributed by atoms with Gasteiger partial charge in [-0.25, -0.2) is 0 Å². The van der Waals surface area contributed by atoms with Crippen molar-refractivity contribution in [3.8, 4) is 5.75 Å². The molecule has 0 spiro atoms. The number of amides is 1. The summed E-state index contributed by atoms with van der Waals surface area (Å²) in [5.74, 6) is 0.572. The monoisotopic (exact) mass is 251 g/mol. The third kappa shape index (κ3) is 4.37. The van der Waals surface area contributed by atoms with Crippen molar-refractivity contribution in [3.05, 3.63) is 29.8 Å². The molecule has 0 radical (unpaired) electrons. The van der Waals surface area contributed by atoms with Crippen LogP contribution in [0.2, 0.25) is 0 Å². The largest absolute Gasteiger partial charge is 0.491 e. The van der Waals surface area contributed by atoms with Crippen LogP contribution in [0.4, 0.5) is 0 Å². The second kappa shape index (κ2) is 7.01. The normalized spacial score (nSPS) is 12.3. The number of aliphatic hydroxyl groups excluding tert-OH is 1. The highest BCUT2D eigenvalue weighted by Gasteiger charge is 2.11. The molecule has 0 aliphatic heterocycles. The molecular weight excluding hydrogens is 230 g/mol. The van der Waals surface area contributed by atoms with Crippen molar-refractivity contribution < 1.29 is 14.6 Å². The van der Waals surface area contributed by atoms with Crippen LogP contribution < -0.4 is 10.1 Å². The average Bonchev–Trinajstić information content (AvgIpc) is 2.35. The molecule has 1 rings (SSSR count). The lowest BCUT2D eigenvalue weighted by atomic mass is 10.1. The van der Waals surface area contributed by atoms with Gasteiger partial charge >= 0.3 is 0 Å². The van der Waals surface area contributed by atoms with Gasteiger partial charge in [-0.3, -0.25) is 4.79 Å². The maximum Gasteiger partial charge on any atom is 0.251 e. The molecule has 18 heavy (non-hydrogen) atoms. The predicted octanol–water partition coefficient (Wildman–Crippen LogP) is 1.97. The third-order valence-electron chi connectivity index (χ3n) is 2.54. The SMILES string of the molecule is CCC(CO)NC(=O)c1ccc(OC(C)C)cc1. The van der Waals surface area contributed by atoms with Gasteiger partial charge < -0.3 is 15.2 Å². The minimum absolute atomic E-state index is 0.0449. The fraction of sp³-hybridized carbons (Fsp3) is 0.500. The molecule has 1 amide bonds. The number of hydrogen-bond donors (Lipinski definition) is 2. The molecule has 0 aliphatic rings. The van der Waals surface area contributed by atoms with Gasteiger partial charge in [0.1, 0.15) is 5.75 Å². The van der Waals surface area contributed by atoms with Crippen LogP contribution in [0.25, 0.3) is 0 Å². The van der Waals surface area contributed by atoms with Crippen LogP contribution in [0, 0.1) is 0 Å². The van der Waals surface area contributed by atoms with Crippen LogP contribution in [0.3, 0.4) is 0 Å². The molecule has 4 heteroatoms.